The maximum atomic E-state index is 12.6. The molecule has 2 aliphatic rings. The topological polar surface area (TPSA) is 54.5 Å². The number of hydrogen-bond donors (Lipinski definition) is 1. The molecule has 0 spiro atoms. The Labute approximate surface area is 157 Å². The molecule has 0 bridgehead atoms. The quantitative estimate of drug-likeness (QED) is 0.872. The number of amides is 1. The van der Waals surface area contributed by atoms with E-state index in [-0.39, 0.29) is 5.91 Å². The van der Waals surface area contributed by atoms with Crippen LogP contribution in [-0.2, 0) is 4.74 Å². The molecule has 1 N–H and O–H groups in total. The van der Waals surface area contributed by atoms with Gasteiger partial charge < -0.3 is 15.0 Å². The lowest BCUT2D eigenvalue weighted by Crippen LogP contribution is -2.40. The molecular formula is C21H33N3O2. The van der Waals surface area contributed by atoms with Crippen molar-refractivity contribution in [3.05, 3.63) is 23.9 Å². The Balaban J connectivity index is 1.51. The van der Waals surface area contributed by atoms with Crippen molar-refractivity contribution in [2.24, 2.45) is 11.3 Å². The van der Waals surface area contributed by atoms with Gasteiger partial charge in [0, 0.05) is 25.3 Å². The maximum Gasteiger partial charge on any atom is 0.253 e. The van der Waals surface area contributed by atoms with Crippen molar-refractivity contribution in [3.8, 4) is 0 Å². The SMILES string of the molecule is CCC(C)(C)C1CCC(NC(=O)c2ccc(N3CCOCC3)nc2)CC1. The van der Waals surface area contributed by atoms with Crippen LogP contribution in [0.25, 0.3) is 0 Å². The molecule has 1 aliphatic heterocycles. The van der Waals surface area contributed by atoms with Gasteiger partial charge in [0.25, 0.3) is 5.91 Å². The van der Waals surface area contributed by atoms with Gasteiger partial charge in [0.1, 0.15) is 5.82 Å². The Hall–Kier alpha value is -1.62. The average Bonchev–Trinajstić information content (AvgIpc) is 2.69. The first-order chi connectivity index (χ1) is 12.5. The van der Waals surface area contributed by atoms with E-state index in [2.05, 4.69) is 36.0 Å². The van der Waals surface area contributed by atoms with Gasteiger partial charge in [0.2, 0.25) is 0 Å². The minimum absolute atomic E-state index is 0.00392. The monoisotopic (exact) mass is 359 g/mol. The van der Waals surface area contributed by atoms with Crippen molar-refractivity contribution in [3.63, 3.8) is 0 Å². The number of nitrogens with one attached hydrogen (secondary N) is 1. The van der Waals surface area contributed by atoms with E-state index in [1.165, 1.54) is 19.3 Å². The lowest BCUT2D eigenvalue weighted by Gasteiger charge is -2.39. The second-order valence-electron chi connectivity index (χ2n) is 8.37. The van der Waals surface area contributed by atoms with Gasteiger partial charge in [-0.05, 0) is 49.1 Å². The van der Waals surface area contributed by atoms with Gasteiger partial charge in [0.15, 0.2) is 0 Å². The molecule has 0 atom stereocenters. The van der Waals surface area contributed by atoms with Gasteiger partial charge in [-0.2, -0.15) is 0 Å². The van der Waals surface area contributed by atoms with Gasteiger partial charge in [-0.25, -0.2) is 4.98 Å². The summed E-state index contributed by atoms with van der Waals surface area (Å²) in [6, 6.07) is 4.13. The standard InChI is InChI=1S/C21H33N3O2/c1-4-21(2,3)17-6-8-18(9-7-17)23-20(25)16-5-10-19(22-15-16)24-11-13-26-14-12-24/h5,10,15,17-18H,4,6-9,11-14H2,1-3H3,(H,23,25). The fraction of sp³-hybridized carbons (Fsp3) is 0.714. The predicted molar refractivity (Wildman–Crippen MR) is 105 cm³/mol. The molecule has 0 radical (unpaired) electrons. The molecular weight excluding hydrogens is 326 g/mol. The molecule has 2 fully saturated rings. The van der Waals surface area contributed by atoms with Crippen molar-refractivity contribution < 1.29 is 9.53 Å². The second kappa shape index (κ2) is 8.38. The summed E-state index contributed by atoms with van der Waals surface area (Å²) >= 11 is 0. The summed E-state index contributed by atoms with van der Waals surface area (Å²) in [5, 5.41) is 3.21. The molecule has 2 heterocycles. The zero-order valence-electron chi connectivity index (χ0n) is 16.5. The van der Waals surface area contributed by atoms with Gasteiger partial charge >= 0.3 is 0 Å². The van der Waals surface area contributed by atoms with Crippen LogP contribution in [0.1, 0.15) is 63.2 Å². The fourth-order valence-electron chi connectivity index (χ4n) is 4.08. The summed E-state index contributed by atoms with van der Waals surface area (Å²) in [6.45, 7) is 10.2. The van der Waals surface area contributed by atoms with E-state index >= 15 is 0 Å². The Morgan fingerprint density at radius 1 is 1.23 bits per heavy atom. The highest BCUT2D eigenvalue weighted by molar-refractivity contribution is 5.94. The molecule has 1 aromatic rings. The summed E-state index contributed by atoms with van der Waals surface area (Å²) in [4.78, 5) is 19.2. The Bertz CT molecular complexity index is 586. The third-order valence-corrected chi connectivity index (χ3v) is 6.42. The Kier molecular flexibility index (Phi) is 6.17. The van der Waals surface area contributed by atoms with E-state index in [9.17, 15) is 4.79 Å². The number of carbonyl (C=O) groups is 1. The number of morpholine rings is 1. The van der Waals surface area contributed by atoms with E-state index in [4.69, 9.17) is 4.74 Å². The van der Waals surface area contributed by atoms with Crippen LogP contribution in [0.3, 0.4) is 0 Å². The molecule has 144 valence electrons. The van der Waals surface area contributed by atoms with E-state index in [1.54, 1.807) is 6.20 Å². The molecule has 1 saturated heterocycles. The van der Waals surface area contributed by atoms with Gasteiger partial charge in [-0.3, -0.25) is 4.79 Å². The van der Waals surface area contributed by atoms with Crippen LogP contribution in [-0.4, -0.2) is 43.2 Å². The number of hydrogen-bond acceptors (Lipinski definition) is 4. The van der Waals surface area contributed by atoms with Gasteiger partial charge in [-0.15, -0.1) is 0 Å². The van der Waals surface area contributed by atoms with Crippen LogP contribution in [0.5, 0.6) is 0 Å². The number of nitrogens with zero attached hydrogens (tertiary/aromatic N) is 2. The summed E-state index contributed by atoms with van der Waals surface area (Å²) in [6.07, 6.45) is 7.50. The summed E-state index contributed by atoms with van der Waals surface area (Å²) < 4.78 is 5.37. The van der Waals surface area contributed by atoms with Crippen molar-refractivity contribution in [2.75, 3.05) is 31.2 Å². The molecule has 1 saturated carbocycles. The minimum Gasteiger partial charge on any atom is -0.378 e. The van der Waals surface area contributed by atoms with Crippen LogP contribution in [0, 0.1) is 11.3 Å². The highest BCUT2D eigenvalue weighted by atomic mass is 16.5. The zero-order chi connectivity index (χ0) is 18.6. The summed E-state index contributed by atoms with van der Waals surface area (Å²) in [7, 11) is 0. The first kappa shape index (κ1) is 19.2. The van der Waals surface area contributed by atoms with Crippen LogP contribution in [0.4, 0.5) is 5.82 Å². The highest BCUT2D eigenvalue weighted by Gasteiger charge is 2.32. The third-order valence-electron chi connectivity index (χ3n) is 6.42. The Morgan fingerprint density at radius 3 is 2.50 bits per heavy atom. The molecule has 5 nitrogen and oxygen atoms in total. The van der Waals surface area contributed by atoms with E-state index < -0.39 is 0 Å². The predicted octanol–water partition coefficient (Wildman–Crippen LogP) is 3.64. The van der Waals surface area contributed by atoms with E-state index in [0.29, 0.717) is 17.0 Å². The number of rotatable bonds is 5. The van der Waals surface area contributed by atoms with E-state index in [1.807, 2.05) is 12.1 Å². The summed E-state index contributed by atoms with van der Waals surface area (Å²) in [5.74, 6) is 1.70. The molecule has 3 rings (SSSR count). The average molecular weight is 360 g/mol. The molecule has 1 aliphatic carbocycles. The molecule has 0 unspecified atom stereocenters. The fourth-order valence-corrected chi connectivity index (χ4v) is 4.08. The van der Waals surface area contributed by atoms with Gasteiger partial charge in [-0.1, -0.05) is 27.2 Å². The van der Waals surface area contributed by atoms with Crippen molar-refractivity contribution in [1.82, 2.24) is 10.3 Å². The molecule has 5 heteroatoms. The molecule has 26 heavy (non-hydrogen) atoms. The van der Waals surface area contributed by atoms with Crippen molar-refractivity contribution in [1.29, 1.82) is 0 Å². The third kappa shape index (κ3) is 4.56. The van der Waals surface area contributed by atoms with Crippen LogP contribution >= 0.6 is 0 Å². The zero-order valence-corrected chi connectivity index (χ0v) is 16.5. The van der Waals surface area contributed by atoms with Crippen LogP contribution in [0.2, 0.25) is 0 Å². The lowest BCUT2D eigenvalue weighted by atomic mass is 9.69. The maximum absolute atomic E-state index is 12.6. The largest absolute Gasteiger partial charge is 0.378 e. The van der Waals surface area contributed by atoms with Gasteiger partial charge in [0.05, 0.1) is 18.8 Å². The molecule has 1 aromatic heterocycles. The minimum atomic E-state index is 0.00392. The first-order valence-electron chi connectivity index (χ1n) is 10.1. The smallest absolute Gasteiger partial charge is 0.253 e. The normalized spacial score (nSPS) is 24.3. The number of carbonyl (C=O) groups excluding carboxylic acids is 1. The second-order valence-corrected chi connectivity index (χ2v) is 8.37. The van der Waals surface area contributed by atoms with E-state index in [0.717, 1.165) is 50.9 Å². The van der Waals surface area contributed by atoms with Crippen molar-refractivity contribution >= 4 is 11.7 Å². The Morgan fingerprint density at radius 2 is 1.92 bits per heavy atom. The highest BCUT2D eigenvalue weighted by Crippen LogP contribution is 2.40. The summed E-state index contributed by atoms with van der Waals surface area (Å²) in [5.41, 5.74) is 1.06. The van der Waals surface area contributed by atoms with Crippen LogP contribution in [0.15, 0.2) is 18.3 Å². The number of ether oxygens (including phenoxy) is 1. The number of anilines is 1. The lowest BCUT2D eigenvalue weighted by molar-refractivity contribution is 0.0893. The molecule has 1 amide bonds. The van der Waals surface area contributed by atoms with Crippen LogP contribution < -0.4 is 10.2 Å². The number of pyridine rings is 1. The first-order valence-corrected chi connectivity index (χ1v) is 10.1. The number of aromatic nitrogens is 1. The van der Waals surface area contributed by atoms with Crippen molar-refractivity contribution in [2.45, 2.75) is 58.9 Å². The molecule has 0 aromatic carbocycles.